The van der Waals surface area contributed by atoms with Gasteiger partial charge in [-0.3, -0.25) is 54.5 Å². The number of hydrogen-bond donors (Lipinski definition) is 14. The fourth-order valence-electron chi connectivity index (χ4n) is 11.4. The molecule has 1 heterocycles. The number of rotatable bonds is 43. The Kier molecular flexibility index (Phi) is 96.1. The number of anilines is 1. The van der Waals surface area contributed by atoms with Crippen LogP contribution in [0, 0.1) is 76.6 Å². The van der Waals surface area contributed by atoms with E-state index < -0.39 is 37.8 Å². The van der Waals surface area contributed by atoms with E-state index in [-0.39, 0.29) is 63.7 Å². The van der Waals surface area contributed by atoms with Gasteiger partial charge in [0.25, 0.3) is 5.96 Å². The molecule has 0 atom stereocenters. The van der Waals surface area contributed by atoms with Crippen LogP contribution in [0.4, 0.5) is 9.93 Å². The number of amides is 5. The number of hydrogen-bond acceptors (Lipinski definition) is 22. The summed E-state index contributed by atoms with van der Waals surface area (Å²) in [5, 5.41) is 79.2. The highest BCUT2D eigenvalue weighted by Gasteiger charge is 2.21. The molecule has 0 saturated heterocycles. The van der Waals surface area contributed by atoms with Gasteiger partial charge in [0.05, 0.1) is 26.2 Å². The molecule has 0 radical (unpaired) electrons. The van der Waals surface area contributed by atoms with Crippen molar-refractivity contribution in [3.05, 3.63) is 21.7 Å². The van der Waals surface area contributed by atoms with Gasteiger partial charge >= 0.3 is 6.09 Å². The van der Waals surface area contributed by atoms with Crippen LogP contribution in [-0.2, 0) is 44.0 Å². The summed E-state index contributed by atoms with van der Waals surface area (Å²) in [6.07, 6.45) is 27.4. The highest BCUT2D eigenvalue weighted by Crippen LogP contribution is 2.27. The zero-order valence-corrected chi connectivity index (χ0v) is 104. The Balaban J connectivity index is -0.000000174. The van der Waals surface area contributed by atoms with Gasteiger partial charge in [0.15, 0.2) is 22.1 Å². The molecule has 0 aliphatic rings. The first kappa shape index (κ1) is 159. The third-order valence-electron chi connectivity index (χ3n) is 19.7. The van der Waals surface area contributed by atoms with Crippen molar-refractivity contribution in [2.75, 3.05) is 160 Å². The number of thiazole rings is 1. The Morgan fingerprint density at radius 3 is 1.12 bits per heavy atom. The first-order chi connectivity index (χ1) is 66.3. The van der Waals surface area contributed by atoms with Crippen molar-refractivity contribution in [1.29, 1.82) is 0 Å². The number of nitro groups is 1. The number of carbonyl (C=O) groups is 5. The van der Waals surface area contributed by atoms with Crippen LogP contribution in [0.5, 0.6) is 0 Å². The molecule has 37 nitrogen and oxygen atoms in total. The lowest BCUT2D eigenvalue weighted by atomic mass is 9.90. The highest BCUT2D eigenvalue weighted by molar-refractivity contribution is 7.89. The van der Waals surface area contributed by atoms with Crippen LogP contribution >= 0.6 is 11.3 Å². The molecule has 0 aromatic carbocycles. The molecule has 1 aromatic heterocycles. The molecular formula is C106H229N21O16S3. The van der Waals surface area contributed by atoms with E-state index in [0.29, 0.717) is 106 Å². The topological polar surface area (TPSA) is 486 Å². The van der Waals surface area contributed by atoms with Crippen LogP contribution in [0.3, 0.4) is 0 Å². The van der Waals surface area contributed by atoms with E-state index in [1.165, 1.54) is 45.6 Å². The molecule has 0 aliphatic heterocycles. The van der Waals surface area contributed by atoms with E-state index in [1.54, 1.807) is 51.4 Å². The molecule has 872 valence electrons. The highest BCUT2D eigenvalue weighted by atomic mass is 32.2. The molecule has 14 N–H and O–H groups in total. The summed E-state index contributed by atoms with van der Waals surface area (Å²) in [6.45, 7) is 82.6. The molecule has 40 heteroatoms. The molecule has 0 spiro atoms. The summed E-state index contributed by atoms with van der Waals surface area (Å²) in [6, 6.07) is 0. The Labute approximate surface area is 897 Å². The predicted octanol–water partition coefficient (Wildman–Crippen LogP) is 20.6. The third-order valence-corrected chi connectivity index (χ3v) is 22.0. The average molecular weight is 2150 g/mol. The number of hydrazone groups is 1. The Morgan fingerprint density at radius 1 is 0.466 bits per heavy atom. The molecule has 0 bridgehead atoms. The van der Waals surface area contributed by atoms with Gasteiger partial charge in [-0.05, 0) is 202 Å². The minimum Gasteiger partial charge on any atom is -0.451 e. The van der Waals surface area contributed by atoms with E-state index >= 15 is 0 Å². The maximum absolute atomic E-state index is 11.2. The van der Waals surface area contributed by atoms with Crippen molar-refractivity contribution >= 4 is 90.1 Å². The quantitative estimate of drug-likeness (QED) is 0.00721. The molecule has 0 saturated carbocycles. The Hall–Kier alpha value is -7.24. The van der Waals surface area contributed by atoms with E-state index in [4.69, 9.17) is 15.5 Å². The number of ether oxygens (including phenoxy) is 1. The number of sulfonamides is 2. The van der Waals surface area contributed by atoms with Gasteiger partial charge in [-0.15, -0.1) is 11.3 Å². The van der Waals surface area contributed by atoms with E-state index in [0.717, 1.165) is 164 Å². The van der Waals surface area contributed by atoms with E-state index in [1.807, 2.05) is 65.4 Å². The Morgan fingerprint density at radius 2 is 0.808 bits per heavy atom. The van der Waals surface area contributed by atoms with Crippen LogP contribution in [-0.4, -0.2) is 280 Å². The summed E-state index contributed by atoms with van der Waals surface area (Å²) >= 11 is 1.66. The number of aliphatic hydroxyl groups is 1. The SMILES string of the molecule is CC(C)(C)CCCN(O)S(C)(=O)=O.CC(C)(C)CCCNc1nccs1.CC(C)C(=O)NCCCC(C)(C)C.CC(C)CCCNC(=O)CO.CCC(=O)N(O)CCCC(C)(C)C.CCC(=O)NCCCC(C)(C)C.CN(C)C(=NCCCC(C)(C)C)NS(C)(=O)=O.CN/C(=N\[N+](=O)[O-])NCCCC(C)C.CN=C(NC)NCCCC(C)(C)C.CN=C(NCCCC(C)(C)C)N(C)C.COC(=O)N(O)CCCC(C)(C)C. The largest absolute Gasteiger partial charge is 0.451 e. The van der Waals surface area contributed by atoms with Crippen molar-refractivity contribution in [1.82, 2.24) is 76.6 Å². The number of nitrogens with one attached hydrogen (secondary N) is 10. The summed E-state index contributed by atoms with van der Waals surface area (Å²) in [7, 11) is 9.15. The third kappa shape index (κ3) is 141. The summed E-state index contributed by atoms with van der Waals surface area (Å²) in [4.78, 5) is 84.5. The van der Waals surface area contributed by atoms with Crippen molar-refractivity contribution in [3.8, 4) is 0 Å². The number of aliphatic hydroxyl groups excluding tert-OH is 1. The van der Waals surface area contributed by atoms with Crippen molar-refractivity contribution in [2.24, 2.45) is 86.6 Å². The monoisotopic (exact) mass is 2150 g/mol. The number of nitrogens with zero attached hydrogens (tertiary/aromatic N) is 11. The van der Waals surface area contributed by atoms with Gasteiger partial charge < -0.3 is 67.5 Å². The van der Waals surface area contributed by atoms with Crippen LogP contribution in [0.2, 0.25) is 0 Å². The van der Waals surface area contributed by atoms with Crippen LogP contribution in [0.1, 0.15) is 396 Å². The molecule has 0 aliphatic carbocycles. The summed E-state index contributed by atoms with van der Waals surface area (Å²) < 4.78 is 50.9. The number of aliphatic imine (C=N–C) groups is 3. The first-order valence-electron chi connectivity index (χ1n) is 52.7. The second kappa shape index (κ2) is 88.4. The number of carbonyl (C=O) groups excluding carboxylic acids is 5. The van der Waals surface area contributed by atoms with Crippen LogP contribution < -0.4 is 52.6 Å². The smallest absolute Gasteiger partial charge is 0.433 e. The lowest BCUT2D eigenvalue weighted by molar-refractivity contribution is -0.485. The van der Waals surface area contributed by atoms with E-state index in [9.17, 15) is 56.1 Å². The number of guanidine groups is 4. The minimum absolute atomic E-state index is 0.106. The van der Waals surface area contributed by atoms with Gasteiger partial charge in [-0.25, -0.2) is 41.8 Å². The molecule has 146 heavy (non-hydrogen) atoms. The molecule has 0 unspecified atom stereocenters. The second-order valence-electron chi connectivity index (χ2n) is 48.7. The zero-order chi connectivity index (χ0) is 116. The van der Waals surface area contributed by atoms with Gasteiger partial charge in [-0.1, -0.05) is 247 Å². The molecule has 1 aromatic rings. The van der Waals surface area contributed by atoms with Gasteiger partial charge in [0.1, 0.15) is 11.7 Å². The number of aromatic nitrogens is 1. The second-order valence-corrected chi connectivity index (χ2v) is 53.2. The molecular weight excluding hydrogens is 1920 g/mol. The number of hydroxylamine groups is 5. The molecule has 5 amide bonds. The van der Waals surface area contributed by atoms with Crippen molar-refractivity contribution in [3.63, 3.8) is 0 Å². The van der Waals surface area contributed by atoms with Crippen LogP contribution in [0.25, 0.3) is 0 Å². The molecule has 1 rings (SSSR count). The fraction of sp³-hybridized carbons (Fsp3) is 0.887. The first-order valence-corrected chi connectivity index (χ1v) is 57.3. The van der Waals surface area contributed by atoms with Gasteiger partial charge in [-0.2, -0.15) is 5.06 Å². The van der Waals surface area contributed by atoms with Gasteiger partial charge in [0.2, 0.25) is 49.6 Å². The van der Waals surface area contributed by atoms with Crippen LogP contribution in [0.15, 0.2) is 31.7 Å². The average Bonchev–Trinajstić information content (AvgIpc) is 1.58. The lowest BCUT2D eigenvalue weighted by Crippen LogP contribution is -2.39. The summed E-state index contributed by atoms with van der Waals surface area (Å²) in [5.41, 5.74) is 3.06. The lowest BCUT2D eigenvalue weighted by Gasteiger charge is -2.20. The van der Waals surface area contributed by atoms with Gasteiger partial charge in [0, 0.05) is 152 Å². The minimum atomic E-state index is -3.43. The maximum Gasteiger partial charge on any atom is 0.433 e. The molecule has 0 fully saturated rings. The maximum atomic E-state index is 11.2. The van der Waals surface area contributed by atoms with E-state index in [2.05, 4.69) is 297 Å². The normalized spacial score (nSPS) is 12.1. The fourth-order valence-corrected chi connectivity index (χ4v) is 13.0. The predicted molar refractivity (Wildman–Crippen MR) is 617 cm³/mol. The standard InChI is InChI=1S/C11H25N3O2S.C11H25N3.C11H23NO.C10H23N3.C10H18N2S.C10H21NO2.C10H21NO.C9H19NO3.C8H18N4O2.C8H19NO3S.C8H17NO2/c1-11(2,3)8-7-9-12-10(14(4)5)13-17(6,15)16;1-11(2,3)8-7-9-13-10(12-4)14(5)6;1-9(2)10(13)12-8-6-7-11(3,4)5;1-10(2,3)7-6-8-13-9(11-4)12-5;1-10(2,3)5-4-6-11-9-12-7-8-13-9;1-5-9(12)11(13)8-6-7-10(2,3)4;1-5-9(12)11-8-6-7-10(2,3)4;1-9(2,3)6-5-7-10(12)8(11)13-4;1-7(2)5-4-6-10-8(9-3)11-12(13)14;1-8(2,3)6-5-7-9(10)13(4,11)12;1-7(2)4-3-5-9-8(11)6-10/h7-9H2,1-6H3,(H,12,13);7-9H2,1-6H3,(H,12,13);9H,6-8H2,1-5H3,(H,12,13);6-8H2,1-5H3,(H2,11,12,13);7-8H,4-6H2,1-3H3,(H,11,12);13H,5-8H2,1-4H3;5-8H2,1-4H3,(H,11,12);12H,5-7H2,1-4H3;7H,4-6H2,1-3H3,(H2,9,10,11);10H,5-7H2,1-4H3;7,10H,3-6H2,1-2H3,(H,9,11). The summed E-state index contributed by atoms with van der Waals surface area (Å²) in [5.74, 6) is 3.70. The van der Waals surface area contributed by atoms with Crippen molar-refractivity contribution in [2.45, 2.75) is 396 Å². The zero-order valence-electron chi connectivity index (χ0n) is 102. The van der Waals surface area contributed by atoms with Crippen molar-refractivity contribution < 1.29 is 71.3 Å². The Bertz CT molecular complexity index is 3690. The number of methoxy groups -OCH3 is 1.